The van der Waals surface area contributed by atoms with Gasteiger partial charge in [0.25, 0.3) is 5.91 Å². The molecule has 0 unspecified atom stereocenters. The maximum absolute atomic E-state index is 13.1. The number of ketones is 1. The predicted octanol–water partition coefficient (Wildman–Crippen LogP) is 4.69. The highest BCUT2D eigenvalue weighted by atomic mass is 35.5. The van der Waals surface area contributed by atoms with Crippen molar-refractivity contribution >= 4 is 69.9 Å². The Hall–Kier alpha value is -2.12. The van der Waals surface area contributed by atoms with Crippen molar-refractivity contribution in [1.29, 1.82) is 0 Å². The molecule has 29 heavy (non-hydrogen) atoms. The van der Waals surface area contributed by atoms with E-state index >= 15 is 0 Å². The number of imide groups is 1. The summed E-state index contributed by atoms with van der Waals surface area (Å²) in [4.78, 5) is 50.3. The average molecular weight is 474 g/mol. The average Bonchev–Trinajstić information content (AvgIpc) is 2.99. The molecule has 0 atom stereocenters. The first-order valence-corrected chi connectivity index (χ1v) is 9.81. The number of benzene rings is 2. The molecule has 2 aromatic rings. The topological polar surface area (TPSA) is 74.8 Å². The first-order chi connectivity index (χ1) is 13.7. The van der Waals surface area contributed by atoms with Crippen LogP contribution in [-0.2, 0) is 9.59 Å². The van der Waals surface area contributed by atoms with Gasteiger partial charge < -0.3 is 0 Å². The first kappa shape index (κ1) is 21.6. The third-order valence-corrected chi connectivity index (χ3v) is 5.48. The molecule has 1 aliphatic rings. The largest absolute Gasteiger partial charge is 0.292 e. The summed E-state index contributed by atoms with van der Waals surface area (Å²) in [5, 5.41) is 2.25. The van der Waals surface area contributed by atoms with Crippen molar-refractivity contribution in [2.75, 3.05) is 6.54 Å². The highest BCUT2D eigenvalue weighted by Crippen LogP contribution is 2.26. The van der Waals surface area contributed by atoms with Crippen LogP contribution in [0.3, 0.4) is 0 Å². The lowest BCUT2D eigenvalue weighted by molar-refractivity contribution is -0.152. The van der Waals surface area contributed by atoms with Crippen molar-refractivity contribution in [2.45, 2.75) is 12.8 Å². The van der Waals surface area contributed by atoms with Gasteiger partial charge in [-0.05, 0) is 36.4 Å². The molecule has 3 amide bonds. The van der Waals surface area contributed by atoms with Crippen LogP contribution >= 0.6 is 46.4 Å². The normalized spacial score (nSPS) is 13.7. The number of nitrogens with zero attached hydrogens (tertiary/aromatic N) is 2. The zero-order valence-electron chi connectivity index (χ0n) is 14.6. The maximum atomic E-state index is 13.1. The van der Waals surface area contributed by atoms with Crippen molar-refractivity contribution < 1.29 is 19.2 Å². The first-order valence-electron chi connectivity index (χ1n) is 8.30. The smallest absolute Gasteiger partial charge is 0.273 e. The second-order valence-corrected chi connectivity index (χ2v) is 7.80. The molecular formula is C19H12Cl4N2O4. The summed E-state index contributed by atoms with van der Waals surface area (Å²) in [6, 6.07) is 8.34. The van der Waals surface area contributed by atoms with E-state index in [1.54, 1.807) is 0 Å². The minimum absolute atomic E-state index is 0.0557. The lowest BCUT2D eigenvalue weighted by Gasteiger charge is -2.29. The van der Waals surface area contributed by atoms with Crippen LogP contribution in [0.2, 0.25) is 20.1 Å². The highest BCUT2D eigenvalue weighted by molar-refractivity contribution is 6.42. The third kappa shape index (κ3) is 4.56. The molecule has 0 aliphatic carbocycles. The zero-order valence-corrected chi connectivity index (χ0v) is 17.6. The molecule has 2 aromatic carbocycles. The van der Waals surface area contributed by atoms with Crippen LogP contribution in [0, 0.1) is 0 Å². The fourth-order valence-electron chi connectivity index (χ4n) is 2.78. The molecule has 1 heterocycles. The van der Waals surface area contributed by atoms with E-state index in [2.05, 4.69) is 0 Å². The van der Waals surface area contributed by atoms with Crippen LogP contribution in [0.4, 0.5) is 0 Å². The molecule has 0 bridgehead atoms. The summed E-state index contributed by atoms with van der Waals surface area (Å²) in [5.41, 5.74) is 0.156. The van der Waals surface area contributed by atoms with E-state index in [0.29, 0.717) is 10.0 Å². The number of rotatable bonds is 5. The van der Waals surface area contributed by atoms with Crippen LogP contribution in [0.15, 0.2) is 36.4 Å². The van der Waals surface area contributed by atoms with E-state index in [1.807, 2.05) is 0 Å². The fourth-order valence-corrected chi connectivity index (χ4v) is 3.59. The number of halogens is 4. The number of carbonyl (C=O) groups is 4. The van der Waals surface area contributed by atoms with Crippen LogP contribution in [0.5, 0.6) is 0 Å². The van der Waals surface area contributed by atoms with Gasteiger partial charge in [0.2, 0.25) is 11.8 Å². The molecule has 3 rings (SSSR count). The number of hydrogen-bond donors (Lipinski definition) is 0. The molecule has 0 N–H and O–H groups in total. The van der Waals surface area contributed by atoms with Gasteiger partial charge in [-0.25, -0.2) is 5.01 Å². The van der Waals surface area contributed by atoms with Crippen molar-refractivity contribution in [1.82, 2.24) is 10.0 Å². The monoisotopic (exact) mass is 472 g/mol. The predicted molar refractivity (Wildman–Crippen MR) is 109 cm³/mol. The van der Waals surface area contributed by atoms with E-state index in [0.717, 1.165) is 5.01 Å². The molecule has 150 valence electrons. The van der Waals surface area contributed by atoms with Gasteiger partial charge in [-0.1, -0.05) is 46.4 Å². The minimum atomic E-state index is -0.759. The van der Waals surface area contributed by atoms with Gasteiger partial charge in [-0.3, -0.25) is 19.2 Å². The lowest BCUT2D eigenvalue weighted by atomic mass is 10.1. The van der Waals surface area contributed by atoms with E-state index in [9.17, 15) is 19.2 Å². The van der Waals surface area contributed by atoms with Crippen molar-refractivity contribution in [3.8, 4) is 0 Å². The molecule has 10 heteroatoms. The molecule has 0 spiro atoms. The van der Waals surface area contributed by atoms with Crippen molar-refractivity contribution in [2.24, 2.45) is 0 Å². The SMILES string of the molecule is O=C(CN(C(=O)c1ccc(Cl)c(Cl)c1)N1C(=O)CCC1=O)c1ccc(Cl)cc1Cl. The molecule has 0 saturated carbocycles. The third-order valence-electron chi connectivity index (χ3n) is 4.19. The summed E-state index contributed by atoms with van der Waals surface area (Å²) in [6.45, 7) is -0.585. The van der Waals surface area contributed by atoms with Crippen LogP contribution in [0.1, 0.15) is 33.6 Å². The maximum Gasteiger partial charge on any atom is 0.273 e. The summed E-state index contributed by atoms with van der Waals surface area (Å²) in [5.74, 6) is -2.50. The van der Waals surface area contributed by atoms with Gasteiger partial charge in [0, 0.05) is 29.0 Å². The molecule has 6 nitrogen and oxygen atoms in total. The number of Topliss-reactive ketones (excluding diaryl/α,β-unsaturated/α-hetero) is 1. The second-order valence-electron chi connectivity index (χ2n) is 6.14. The Balaban J connectivity index is 1.97. The van der Waals surface area contributed by atoms with Crippen LogP contribution < -0.4 is 0 Å². The molecule has 0 radical (unpaired) electrons. The molecule has 1 saturated heterocycles. The van der Waals surface area contributed by atoms with E-state index < -0.39 is 30.0 Å². The summed E-state index contributed by atoms with van der Waals surface area (Å²) >= 11 is 23.8. The van der Waals surface area contributed by atoms with Gasteiger partial charge in [0.15, 0.2) is 5.78 Å². The van der Waals surface area contributed by atoms with Crippen LogP contribution in [0.25, 0.3) is 0 Å². The number of hydrogen-bond acceptors (Lipinski definition) is 4. The van der Waals surface area contributed by atoms with E-state index in [1.165, 1.54) is 36.4 Å². The molecule has 0 aromatic heterocycles. The number of carbonyl (C=O) groups excluding carboxylic acids is 4. The minimum Gasteiger partial charge on any atom is -0.292 e. The Morgan fingerprint density at radius 3 is 2.10 bits per heavy atom. The Labute approximate surface area is 185 Å². The lowest BCUT2D eigenvalue weighted by Crippen LogP contribution is -2.51. The van der Waals surface area contributed by atoms with Gasteiger partial charge >= 0.3 is 0 Å². The molecule has 1 fully saturated rings. The Morgan fingerprint density at radius 2 is 1.52 bits per heavy atom. The zero-order chi connectivity index (χ0) is 21.3. The van der Waals surface area contributed by atoms with Crippen molar-refractivity contribution in [3.05, 3.63) is 67.6 Å². The van der Waals surface area contributed by atoms with Crippen LogP contribution in [-0.4, -0.2) is 40.1 Å². The number of amides is 3. The number of hydrazine groups is 1. The van der Waals surface area contributed by atoms with Gasteiger partial charge in [0.05, 0.1) is 15.1 Å². The highest BCUT2D eigenvalue weighted by Gasteiger charge is 2.38. The van der Waals surface area contributed by atoms with E-state index in [4.69, 9.17) is 46.4 Å². The summed E-state index contributed by atoms with van der Waals surface area (Å²) in [7, 11) is 0. The summed E-state index contributed by atoms with van der Waals surface area (Å²) in [6.07, 6.45) is -0.111. The Bertz CT molecular complexity index is 1020. The summed E-state index contributed by atoms with van der Waals surface area (Å²) < 4.78 is 0. The quantitative estimate of drug-likeness (QED) is 0.466. The standard InChI is InChI=1S/C19H12Cl4N2O4/c20-11-2-3-12(14(22)8-11)16(26)9-24(25-17(27)5-6-18(25)28)19(29)10-1-4-13(21)15(23)7-10/h1-4,7-8H,5-6,9H2. The molecule has 1 aliphatic heterocycles. The Kier molecular flexibility index (Phi) is 6.49. The molecular weight excluding hydrogens is 462 g/mol. The van der Waals surface area contributed by atoms with Gasteiger partial charge in [-0.15, -0.1) is 0 Å². The second kappa shape index (κ2) is 8.71. The Morgan fingerprint density at radius 1 is 0.862 bits per heavy atom. The van der Waals surface area contributed by atoms with Crippen molar-refractivity contribution in [3.63, 3.8) is 0 Å². The van der Waals surface area contributed by atoms with Gasteiger partial charge in [0.1, 0.15) is 6.54 Å². The fraction of sp³-hybridized carbons (Fsp3) is 0.158. The van der Waals surface area contributed by atoms with Gasteiger partial charge in [-0.2, -0.15) is 5.01 Å². The van der Waals surface area contributed by atoms with E-state index in [-0.39, 0.29) is 39.0 Å².